The first kappa shape index (κ1) is 15.1. The Morgan fingerprint density at radius 1 is 1.40 bits per heavy atom. The first-order chi connectivity index (χ1) is 9.72. The van der Waals surface area contributed by atoms with Gasteiger partial charge in [0.2, 0.25) is 0 Å². The zero-order chi connectivity index (χ0) is 14.4. The average Bonchev–Trinajstić information content (AvgIpc) is 2.85. The van der Waals surface area contributed by atoms with E-state index in [0.29, 0.717) is 24.9 Å². The lowest BCUT2D eigenvalue weighted by Crippen LogP contribution is -3.05. The summed E-state index contributed by atoms with van der Waals surface area (Å²) in [6.07, 6.45) is 2.99. The molecule has 1 aromatic carbocycles. The molecule has 2 N–H and O–H groups in total. The molecule has 1 heterocycles. The van der Waals surface area contributed by atoms with Crippen molar-refractivity contribution in [3.63, 3.8) is 0 Å². The standard InChI is InChI=1S/C15H24N2O3/c1-3-4-7-20-15-9-12(5-6-14(15)19-2)8-13-10-17(18)11-16-13/h5-6,9,13,16-17H,3-4,7-8,10-11H2,1-2H3. The van der Waals surface area contributed by atoms with E-state index in [1.807, 2.05) is 18.2 Å². The van der Waals surface area contributed by atoms with Crippen molar-refractivity contribution in [2.24, 2.45) is 0 Å². The maximum atomic E-state index is 11.3. The van der Waals surface area contributed by atoms with Gasteiger partial charge in [-0.2, -0.15) is 0 Å². The van der Waals surface area contributed by atoms with Gasteiger partial charge in [-0.25, -0.2) is 0 Å². The SMILES string of the molecule is CCCCOc1cc(CC2C[NH+]([O-])CN2)ccc1OC. The van der Waals surface area contributed by atoms with E-state index in [1.54, 1.807) is 7.11 Å². The Bertz CT molecular complexity index is 426. The Hall–Kier alpha value is -1.30. The van der Waals surface area contributed by atoms with Crippen molar-refractivity contribution < 1.29 is 14.5 Å². The van der Waals surface area contributed by atoms with Gasteiger partial charge in [-0.1, -0.05) is 19.4 Å². The van der Waals surface area contributed by atoms with E-state index in [1.165, 1.54) is 5.56 Å². The number of hydrogen-bond acceptors (Lipinski definition) is 4. The zero-order valence-electron chi connectivity index (χ0n) is 12.3. The molecule has 2 atom stereocenters. The number of rotatable bonds is 7. The summed E-state index contributed by atoms with van der Waals surface area (Å²) < 4.78 is 11.1. The van der Waals surface area contributed by atoms with E-state index in [9.17, 15) is 5.21 Å². The van der Waals surface area contributed by atoms with Crippen molar-refractivity contribution in [2.75, 3.05) is 26.9 Å². The number of benzene rings is 1. The minimum absolute atomic E-state index is 0.249. The van der Waals surface area contributed by atoms with E-state index in [2.05, 4.69) is 12.2 Å². The number of hydroxylamine groups is 2. The number of unbranched alkanes of at least 4 members (excludes halogenated alkanes) is 1. The van der Waals surface area contributed by atoms with Gasteiger partial charge in [0, 0.05) is 0 Å². The van der Waals surface area contributed by atoms with E-state index < -0.39 is 0 Å². The first-order valence-electron chi connectivity index (χ1n) is 7.27. The molecule has 0 amide bonds. The highest BCUT2D eigenvalue weighted by Crippen LogP contribution is 2.28. The minimum atomic E-state index is 0.249. The molecule has 1 aliphatic rings. The number of hydrogen-bond donors (Lipinski definition) is 2. The second-order valence-corrected chi connectivity index (χ2v) is 5.21. The summed E-state index contributed by atoms with van der Waals surface area (Å²) in [5, 5.41) is 14.8. The van der Waals surface area contributed by atoms with Gasteiger partial charge in [-0.3, -0.25) is 5.32 Å². The number of methoxy groups -OCH3 is 1. The van der Waals surface area contributed by atoms with Crippen molar-refractivity contribution in [3.05, 3.63) is 29.0 Å². The van der Waals surface area contributed by atoms with Crippen LogP contribution in [-0.4, -0.2) is 33.0 Å². The van der Waals surface area contributed by atoms with Crippen LogP contribution < -0.4 is 19.9 Å². The number of ether oxygens (including phenoxy) is 2. The van der Waals surface area contributed by atoms with Crippen molar-refractivity contribution in [2.45, 2.75) is 32.2 Å². The third-order valence-corrected chi connectivity index (χ3v) is 3.53. The molecule has 0 radical (unpaired) electrons. The fraction of sp³-hybridized carbons (Fsp3) is 0.600. The Labute approximate surface area is 120 Å². The molecule has 0 bridgehead atoms. The smallest absolute Gasteiger partial charge is 0.161 e. The number of nitrogens with one attached hydrogen (secondary N) is 2. The third kappa shape index (κ3) is 4.10. The molecule has 0 aliphatic carbocycles. The van der Waals surface area contributed by atoms with Crippen LogP contribution in [0.25, 0.3) is 0 Å². The fourth-order valence-corrected chi connectivity index (χ4v) is 2.39. The summed E-state index contributed by atoms with van der Waals surface area (Å²) in [6.45, 7) is 3.97. The molecule has 20 heavy (non-hydrogen) atoms. The summed E-state index contributed by atoms with van der Waals surface area (Å²) in [5.74, 6) is 1.56. The first-order valence-corrected chi connectivity index (χ1v) is 7.27. The molecule has 0 spiro atoms. The molecule has 2 unspecified atom stereocenters. The van der Waals surface area contributed by atoms with Gasteiger partial charge in [0.15, 0.2) is 11.5 Å². The Kier molecular flexibility index (Phi) is 5.64. The van der Waals surface area contributed by atoms with Gasteiger partial charge in [-0.15, -0.1) is 0 Å². The van der Waals surface area contributed by atoms with E-state index in [0.717, 1.165) is 30.8 Å². The second-order valence-electron chi connectivity index (χ2n) is 5.21. The summed E-state index contributed by atoms with van der Waals surface area (Å²) in [4.78, 5) is 0. The van der Waals surface area contributed by atoms with Gasteiger partial charge < -0.3 is 19.7 Å². The van der Waals surface area contributed by atoms with Gasteiger partial charge >= 0.3 is 0 Å². The van der Waals surface area contributed by atoms with Crippen LogP contribution in [0.4, 0.5) is 0 Å². The molecule has 1 fully saturated rings. The lowest BCUT2D eigenvalue weighted by Gasteiger charge is -2.15. The normalized spacial score (nSPS) is 21.9. The monoisotopic (exact) mass is 280 g/mol. The van der Waals surface area contributed by atoms with Crippen molar-refractivity contribution in [3.8, 4) is 11.5 Å². The average molecular weight is 280 g/mol. The summed E-state index contributed by atoms with van der Waals surface area (Å²) in [7, 11) is 1.65. The summed E-state index contributed by atoms with van der Waals surface area (Å²) >= 11 is 0. The van der Waals surface area contributed by atoms with Crippen LogP contribution in [0.1, 0.15) is 25.3 Å². The van der Waals surface area contributed by atoms with E-state index in [-0.39, 0.29) is 6.04 Å². The van der Waals surface area contributed by atoms with Crippen LogP contribution in [0.15, 0.2) is 18.2 Å². The maximum absolute atomic E-state index is 11.3. The van der Waals surface area contributed by atoms with Crippen molar-refractivity contribution in [1.82, 2.24) is 5.32 Å². The van der Waals surface area contributed by atoms with Crippen molar-refractivity contribution in [1.29, 1.82) is 0 Å². The van der Waals surface area contributed by atoms with Crippen LogP contribution in [0.5, 0.6) is 11.5 Å². The second kappa shape index (κ2) is 7.47. The molecule has 2 rings (SSSR count). The third-order valence-electron chi connectivity index (χ3n) is 3.53. The molecule has 1 saturated heterocycles. The fourth-order valence-electron chi connectivity index (χ4n) is 2.39. The van der Waals surface area contributed by atoms with E-state index >= 15 is 0 Å². The highest BCUT2D eigenvalue weighted by Gasteiger charge is 2.20. The minimum Gasteiger partial charge on any atom is -0.633 e. The summed E-state index contributed by atoms with van der Waals surface area (Å²) in [5.41, 5.74) is 1.17. The molecular weight excluding hydrogens is 256 g/mol. The van der Waals surface area contributed by atoms with Gasteiger partial charge in [0.05, 0.1) is 26.3 Å². The summed E-state index contributed by atoms with van der Waals surface area (Å²) in [6, 6.07) is 6.25. The van der Waals surface area contributed by atoms with Gasteiger partial charge in [0.25, 0.3) is 0 Å². The predicted molar refractivity (Wildman–Crippen MR) is 78.1 cm³/mol. The van der Waals surface area contributed by atoms with E-state index in [4.69, 9.17) is 9.47 Å². The van der Waals surface area contributed by atoms with Crippen LogP contribution in [-0.2, 0) is 6.42 Å². The highest BCUT2D eigenvalue weighted by molar-refractivity contribution is 5.43. The van der Waals surface area contributed by atoms with Crippen molar-refractivity contribution >= 4 is 0 Å². The lowest BCUT2D eigenvalue weighted by molar-refractivity contribution is -0.835. The molecule has 0 aromatic heterocycles. The van der Waals surface area contributed by atoms with Gasteiger partial charge in [0.1, 0.15) is 6.67 Å². The molecule has 1 aliphatic heterocycles. The molecule has 0 saturated carbocycles. The largest absolute Gasteiger partial charge is 0.633 e. The molecule has 1 aromatic rings. The quantitative estimate of drug-likeness (QED) is 0.571. The molecule has 5 heteroatoms. The van der Waals surface area contributed by atoms with Crippen LogP contribution in [0.2, 0.25) is 0 Å². The van der Waals surface area contributed by atoms with Crippen LogP contribution in [0.3, 0.4) is 0 Å². The molecule has 112 valence electrons. The Balaban J connectivity index is 2.00. The Morgan fingerprint density at radius 3 is 2.90 bits per heavy atom. The Morgan fingerprint density at radius 2 is 2.25 bits per heavy atom. The topological polar surface area (TPSA) is 58.0 Å². The molecule has 5 nitrogen and oxygen atoms in total. The predicted octanol–water partition coefficient (Wildman–Crippen LogP) is 0.729. The van der Waals surface area contributed by atoms with Crippen LogP contribution >= 0.6 is 0 Å². The molecular formula is C15H24N2O3. The maximum Gasteiger partial charge on any atom is 0.161 e. The number of quaternary nitrogens is 1. The highest BCUT2D eigenvalue weighted by atomic mass is 16.5. The lowest BCUT2D eigenvalue weighted by atomic mass is 10.1. The zero-order valence-corrected chi connectivity index (χ0v) is 12.3. The van der Waals surface area contributed by atoms with Crippen LogP contribution in [0, 0.1) is 5.21 Å². The van der Waals surface area contributed by atoms with Gasteiger partial charge in [-0.05, 0) is 30.5 Å².